The minimum absolute atomic E-state index is 0.0654. The summed E-state index contributed by atoms with van der Waals surface area (Å²) in [5.74, 6) is -3.44. The van der Waals surface area contributed by atoms with E-state index in [1.807, 2.05) is 0 Å². The van der Waals surface area contributed by atoms with Gasteiger partial charge in [0.25, 0.3) is 0 Å². The molecule has 1 amide bonds. The van der Waals surface area contributed by atoms with Crippen LogP contribution >= 0.6 is 0 Å². The molecule has 2 rings (SSSR count). The fourth-order valence-corrected chi connectivity index (χ4v) is 3.24. The van der Waals surface area contributed by atoms with Crippen molar-refractivity contribution in [2.75, 3.05) is 24.3 Å². The Kier molecular flexibility index (Phi) is 4.50. The Labute approximate surface area is 130 Å². The Morgan fingerprint density at radius 3 is 2.65 bits per heavy atom. The molecule has 8 nitrogen and oxygen atoms in total. The number of nitro benzene ring substituents is 1. The predicted molar refractivity (Wildman–Crippen MR) is 75.0 cm³/mol. The third kappa shape index (κ3) is 3.73. The molecule has 0 bridgehead atoms. The van der Waals surface area contributed by atoms with Crippen LogP contribution in [-0.4, -0.2) is 38.7 Å². The number of nitrogens with zero attached hydrogens (tertiary/aromatic N) is 2. The van der Waals surface area contributed by atoms with Crippen LogP contribution in [0.5, 0.6) is 5.75 Å². The molecule has 1 aromatic carbocycles. The molecule has 1 atom stereocenters. The third-order valence-electron chi connectivity index (χ3n) is 3.38. The Bertz CT molecular complexity index is 767. The molecule has 0 N–H and O–H groups in total. The quantitative estimate of drug-likeness (QED) is 0.451. The molecule has 126 valence electrons. The molecule has 0 aliphatic carbocycles. The zero-order chi connectivity index (χ0) is 17.4. The first kappa shape index (κ1) is 17.1. The Morgan fingerprint density at radius 2 is 2.13 bits per heavy atom. The van der Waals surface area contributed by atoms with Gasteiger partial charge >= 0.3 is 15.9 Å². The third-order valence-corrected chi connectivity index (χ3v) is 4.25. The van der Waals surface area contributed by atoms with Gasteiger partial charge in [-0.15, -0.1) is 3.89 Å². The molecule has 1 aliphatic heterocycles. The van der Waals surface area contributed by atoms with E-state index in [0.29, 0.717) is 0 Å². The summed E-state index contributed by atoms with van der Waals surface area (Å²) in [5.41, 5.74) is -0.917. The van der Waals surface area contributed by atoms with Crippen LogP contribution < -0.4 is 9.64 Å². The van der Waals surface area contributed by atoms with Crippen molar-refractivity contribution in [2.45, 2.75) is 6.42 Å². The van der Waals surface area contributed by atoms with Gasteiger partial charge in [-0.2, -0.15) is 12.8 Å². The molecule has 1 unspecified atom stereocenters. The molecule has 1 aliphatic rings. The monoisotopic (exact) mass is 350 g/mol. The Hall–Kier alpha value is -2.30. The van der Waals surface area contributed by atoms with E-state index in [9.17, 15) is 31.6 Å². The summed E-state index contributed by atoms with van der Waals surface area (Å²) in [6, 6.07) is 1.60. The summed E-state index contributed by atoms with van der Waals surface area (Å²) in [7, 11) is -3.57. The molecule has 0 spiro atoms. The predicted octanol–water partition coefficient (Wildman–Crippen LogP) is 1.39. The van der Waals surface area contributed by atoms with Crippen LogP contribution in [0.2, 0.25) is 0 Å². The first-order valence-corrected chi connectivity index (χ1v) is 7.92. The van der Waals surface area contributed by atoms with Crippen molar-refractivity contribution >= 4 is 27.5 Å². The van der Waals surface area contributed by atoms with Crippen LogP contribution in [0.4, 0.5) is 19.7 Å². The number of nitro groups is 1. The number of methoxy groups -OCH3 is 1. The van der Waals surface area contributed by atoms with Crippen LogP contribution in [0.25, 0.3) is 0 Å². The lowest BCUT2D eigenvalue weighted by Gasteiger charge is -2.19. The van der Waals surface area contributed by atoms with Gasteiger partial charge < -0.3 is 9.64 Å². The second kappa shape index (κ2) is 6.07. The van der Waals surface area contributed by atoms with Gasteiger partial charge in [-0.25, -0.2) is 0 Å². The fraction of sp³-hybridized carbons (Fsp3) is 0.417. The zero-order valence-corrected chi connectivity index (χ0v) is 12.7. The lowest BCUT2D eigenvalue weighted by Crippen LogP contribution is -2.26. The van der Waals surface area contributed by atoms with E-state index in [-0.39, 0.29) is 24.4 Å². The number of rotatable bonds is 5. The van der Waals surface area contributed by atoms with Gasteiger partial charge in [0.15, 0.2) is 0 Å². The molecule has 11 heteroatoms. The Balaban J connectivity index is 2.39. The minimum atomic E-state index is -4.76. The second-order valence-electron chi connectivity index (χ2n) is 5.01. The molecule has 0 saturated carbocycles. The highest BCUT2D eigenvalue weighted by Gasteiger charge is 2.36. The van der Waals surface area contributed by atoms with Gasteiger partial charge in [-0.3, -0.25) is 14.9 Å². The SMILES string of the molecule is COc1cc(F)c([N+](=O)[O-])cc1N1CC(CS(=O)(=O)F)CC1=O. The van der Waals surface area contributed by atoms with Crippen LogP contribution in [0, 0.1) is 21.8 Å². The minimum Gasteiger partial charge on any atom is -0.494 e. The van der Waals surface area contributed by atoms with E-state index >= 15 is 0 Å². The number of halogens is 2. The van der Waals surface area contributed by atoms with E-state index in [1.165, 1.54) is 7.11 Å². The first-order valence-electron chi connectivity index (χ1n) is 6.37. The van der Waals surface area contributed by atoms with Crippen molar-refractivity contribution < 1.29 is 31.1 Å². The van der Waals surface area contributed by atoms with Gasteiger partial charge in [0.05, 0.1) is 23.5 Å². The molecule has 0 aromatic heterocycles. The average Bonchev–Trinajstić information content (AvgIpc) is 2.76. The van der Waals surface area contributed by atoms with E-state index in [1.54, 1.807) is 0 Å². The van der Waals surface area contributed by atoms with Crippen LogP contribution in [-0.2, 0) is 15.0 Å². The smallest absolute Gasteiger partial charge is 0.307 e. The topological polar surface area (TPSA) is 107 Å². The van der Waals surface area contributed by atoms with E-state index in [4.69, 9.17) is 4.74 Å². The summed E-state index contributed by atoms with van der Waals surface area (Å²) < 4.78 is 52.6. The van der Waals surface area contributed by atoms with Crippen molar-refractivity contribution in [2.24, 2.45) is 5.92 Å². The normalized spacial score (nSPS) is 18.3. The Morgan fingerprint density at radius 1 is 1.48 bits per heavy atom. The van der Waals surface area contributed by atoms with Crippen molar-refractivity contribution in [1.29, 1.82) is 0 Å². The average molecular weight is 350 g/mol. The molecule has 1 aromatic rings. The van der Waals surface area contributed by atoms with Crippen LogP contribution in [0.15, 0.2) is 12.1 Å². The van der Waals surface area contributed by atoms with Gasteiger partial charge in [0.1, 0.15) is 5.75 Å². The maximum absolute atomic E-state index is 13.6. The molecule has 1 heterocycles. The van der Waals surface area contributed by atoms with Gasteiger partial charge in [-0.05, 0) is 0 Å². The number of anilines is 1. The largest absolute Gasteiger partial charge is 0.494 e. The number of hydrogen-bond donors (Lipinski definition) is 0. The van der Waals surface area contributed by atoms with Crippen molar-refractivity contribution in [3.63, 3.8) is 0 Å². The van der Waals surface area contributed by atoms with Gasteiger partial charge in [0, 0.05) is 31.0 Å². The number of ether oxygens (including phenoxy) is 1. The molecular weight excluding hydrogens is 338 g/mol. The van der Waals surface area contributed by atoms with Crippen molar-refractivity contribution in [1.82, 2.24) is 0 Å². The highest BCUT2D eigenvalue weighted by Crippen LogP contribution is 2.37. The number of benzene rings is 1. The van der Waals surface area contributed by atoms with Crippen molar-refractivity contribution in [3.05, 3.63) is 28.1 Å². The molecule has 0 radical (unpaired) electrons. The molecule has 1 fully saturated rings. The van der Waals surface area contributed by atoms with E-state index in [2.05, 4.69) is 0 Å². The summed E-state index contributed by atoms with van der Waals surface area (Å²) in [6.45, 7) is -0.166. The van der Waals surface area contributed by atoms with Crippen LogP contribution in [0.1, 0.15) is 6.42 Å². The lowest BCUT2D eigenvalue weighted by atomic mass is 10.1. The highest BCUT2D eigenvalue weighted by atomic mass is 32.3. The lowest BCUT2D eigenvalue weighted by molar-refractivity contribution is -0.387. The van der Waals surface area contributed by atoms with Gasteiger partial charge in [-0.1, -0.05) is 0 Å². The fourth-order valence-electron chi connectivity index (χ4n) is 2.45. The van der Waals surface area contributed by atoms with Gasteiger partial charge in [0.2, 0.25) is 11.7 Å². The van der Waals surface area contributed by atoms with E-state index in [0.717, 1.165) is 17.0 Å². The van der Waals surface area contributed by atoms with Crippen molar-refractivity contribution in [3.8, 4) is 5.75 Å². The summed E-state index contributed by atoms with van der Waals surface area (Å²) >= 11 is 0. The standard InChI is InChI=1S/C12H12F2N2O6S/c1-22-11-3-8(13)9(16(18)19)4-10(11)15-5-7(2-12(15)17)6-23(14,20)21/h3-4,7H,2,5-6H2,1H3. The first-order chi connectivity index (χ1) is 10.6. The summed E-state index contributed by atoms with van der Waals surface area (Å²) in [4.78, 5) is 22.9. The maximum atomic E-state index is 13.6. The molecule has 23 heavy (non-hydrogen) atoms. The number of carbonyl (C=O) groups is 1. The maximum Gasteiger partial charge on any atom is 0.307 e. The number of carbonyl (C=O) groups excluding carboxylic acids is 1. The number of amides is 1. The summed E-state index contributed by atoms with van der Waals surface area (Å²) in [5, 5.41) is 10.8. The second-order valence-corrected chi connectivity index (χ2v) is 6.42. The van der Waals surface area contributed by atoms with Crippen LogP contribution in [0.3, 0.4) is 0 Å². The molecular formula is C12H12F2N2O6S. The van der Waals surface area contributed by atoms with E-state index < -0.39 is 44.2 Å². The zero-order valence-electron chi connectivity index (χ0n) is 11.9. The summed E-state index contributed by atoms with van der Waals surface area (Å²) in [6.07, 6.45) is -0.239. The highest BCUT2D eigenvalue weighted by molar-refractivity contribution is 7.86. The molecule has 1 saturated heterocycles. The number of hydrogen-bond acceptors (Lipinski definition) is 6.